The van der Waals surface area contributed by atoms with Crippen molar-refractivity contribution in [3.63, 3.8) is 0 Å². The van der Waals surface area contributed by atoms with E-state index in [-0.39, 0.29) is 17.7 Å². The number of imide groups is 1. The summed E-state index contributed by atoms with van der Waals surface area (Å²) in [5, 5.41) is -0.290. The first kappa shape index (κ1) is 17.8. The van der Waals surface area contributed by atoms with Crippen LogP contribution in [0.4, 0.5) is 4.79 Å². The van der Waals surface area contributed by atoms with Crippen LogP contribution in [-0.2, 0) is 9.53 Å². The van der Waals surface area contributed by atoms with Gasteiger partial charge in [0, 0.05) is 17.1 Å². The lowest BCUT2D eigenvalue weighted by Crippen LogP contribution is -2.31. The predicted octanol–water partition coefficient (Wildman–Crippen LogP) is 3.70. The molecule has 0 unspecified atom stereocenters. The normalized spacial score (nSPS) is 16.3. The molecule has 1 fully saturated rings. The van der Waals surface area contributed by atoms with Gasteiger partial charge in [-0.25, -0.2) is 0 Å². The Labute approximate surface area is 147 Å². The molecule has 0 aromatic heterocycles. The molecule has 1 saturated heterocycles. The van der Waals surface area contributed by atoms with E-state index in [0.29, 0.717) is 23.9 Å². The molecule has 1 aromatic rings. The van der Waals surface area contributed by atoms with Crippen LogP contribution in [0, 0.1) is 0 Å². The molecule has 0 atom stereocenters. The van der Waals surface area contributed by atoms with Crippen LogP contribution in [-0.4, -0.2) is 42.9 Å². The number of nitrogens with zero attached hydrogens (tertiary/aromatic N) is 1. The Bertz CT molecular complexity index is 659. The third-order valence-corrected chi connectivity index (χ3v) is 4.41. The maximum absolute atomic E-state index is 12.3. The van der Waals surface area contributed by atoms with Gasteiger partial charge in [-0.1, -0.05) is 28.6 Å². The third kappa shape index (κ3) is 4.46. The fourth-order valence-electron chi connectivity index (χ4n) is 1.93. The first-order valence-corrected chi connectivity index (χ1v) is 8.45. The molecule has 23 heavy (non-hydrogen) atoms. The van der Waals surface area contributed by atoms with Crippen molar-refractivity contribution in [3.05, 3.63) is 45.8 Å². The minimum atomic E-state index is -0.313. The van der Waals surface area contributed by atoms with E-state index in [0.717, 1.165) is 21.8 Å². The highest BCUT2D eigenvalue weighted by Gasteiger charge is 2.34. The van der Waals surface area contributed by atoms with Crippen molar-refractivity contribution < 1.29 is 19.1 Å². The van der Waals surface area contributed by atoms with E-state index in [4.69, 9.17) is 9.47 Å². The summed E-state index contributed by atoms with van der Waals surface area (Å²) in [6.07, 6.45) is 3.31. The molecule has 1 aromatic carbocycles. The van der Waals surface area contributed by atoms with E-state index < -0.39 is 0 Å². The summed E-state index contributed by atoms with van der Waals surface area (Å²) >= 11 is 4.31. The van der Waals surface area contributed by atoms with Crippen LogP contribution in [0.25, 0.3) is 6.08 Å². The van der Waals surface area contributed by atoms with E-state index in [1.54, 1.807) is 18.2 Å². The molecule has 0 bridgehead atoms. The summed E-state index contributed by atoms with van der Waals surface area (Å²) in [5.74, 6) is 0.309. The minimum absolute atomic E-state index is 0.247. The molecule has 7 heteroatoms. The van der Waals surface area contributed by atoms with Crippen LogP contribution in [0.3, 0.4) is 0 Å². The standard InChI is InChI=1S/C16H16BrNO4S/c1-3-7-22-13-5-4-12(17)9-11(13)10-14-15(19)18(6-8-21-2)16(20)23-14/h3-5,9-10H,1,6-8H2,2H3/b14-10+. The fraction of sp³-hybridized carbons (Fsp3) is 0.250. The van der Waals surface area contributed by atoms with Gasteiger partial charge in [-0.15, -0.1) is 0 Å². The summed E-state index contributed by atoms with van der Waals surface area (Å²) in [6.45, 7) is 4.54. The number of methoxy groups -OCH3 is 1. The minimum Gasteiger partial charge on any atom is -0.489 e. The van der Waals surface area contributed by atoms with Gasteiger partial charge in [0.05, 0.1) is 18.1 Å². The smallest absolute Gasteiger partial charge is 0.293 e. The molecule has 5 nitrogen and oxygen atoms in total. The Hall–Kier alpha value is -1.57. The van der Waals surface area contributed by atoms with Crippen molar-refractivity contribution in [1.29, 1.82) is 0 Å². The molecule has 0 N–H and O–H groups in total. The highest BCUT2D eigenvalue weighted by molar-refractivity contribution is 9.10. The topological polar surface area (TPSA) is 55.8 Å². The third-order valence-electron chi connectivity index (χ3n) is 3.01. The Morgan fingerprint density at radius 2 is 2.17 bits per heavy atom. The molecule has 0 spiro atoms. The van der Waals surface area contributed by atoms with Gasteiger partial charge >= 0.3 is 0 Å². The predicted molar refractivity (Wildman–Crippen MR) is 94.4 cm³/mol. The maximum atomic E-state index is 12.3. The lowest BCUT2D eigenvalue weighted by molar-refractivity contribution is -0.123. The van der Waals surface area contributed by atoms with Crippen LogP contribution in [0.2, 0.25) is 0 Å². The van der Waals surface area contributed by atoms with Crippen LogP contribution >= 0.6 is 27.7 Å². The van der Waals surface area contributed by atoms with E-state index in [9.17, 15) is 9.59 Å². The van der Waals surface area contributed by atoms with Crippen molar-refractivity contribution in [2.45, 2.75) is 0 Å². The fourth-order valence-corrected chi connectivity index (χ4v) is 3.16. The zero-order chi connectivity index (χ0) is 16.8. The summed E-state index contributed by atoms with van der Waals surface area (Å²) < 4.78 is 11.4. The quantitative estimate of drug-likeness (QED) is 0.518. The highest BCUT2D eigenvalue weighted by atomic mass is 79.9. The Kier molecular flexibility index (Phi) is 6.44. The molecule has 1 aliphatic heterocycles. The summed E-state index contributed by atoms with van der Waals surface area (Å²) in [5.41, 5.74) is 0.721. The number of thioether (sulfide) groups is 1. The summed E-state index contributed by atoms with van der Waals surface area (Å²) in [4.78, 5) is 25.8. The van der Waals surface area contributed by atoms with Crippen molar-refractivity contribution in [2.75, 3.05) is 26.9 Å². The van der Waals surface area contributed by atoms with Gasteiger partial charge in [-0.3, -0.25) is 14.5 Å². The first-order chi connectivity index (χ1) is 11.1. The average Bonchev–Trinajstić information content (AvgIpc) is 2.79. The zero-order valence-electron chi connectivity index (χ0n) is 12.6. The number of hydrogen-bond donors (Lipinski definition) is 0. The molecule has 0 saturated carbocycles. The number of ether oxygens (including phenoxy) is 2. The molecular formula is C16H16BrNO4S. The number of halogens is 1. The van der Waals surface area contributed by atoms with Crippen LogP contribution in [0.5, 0.6) is 5.75 Å². The van der Waals surface area contributed by atoms with E-state index >= 15 is 0 Å². The van der Waals surface area contributed by atoms with E-state index in [1.807, 2.05) is 12.1 Å². The van der Waals surface area contributed by atoms with Gasteiger partial charge in [-0.2, -0.15) is 0 Å². The number of hydrogen-bond acceptors (Lipinski definition) is 5. The second-order valence-electron chi connectivity index (χ2n) is 4.61. The Morgan fingerprint density at radius 3 is 2.87 bits per heavy atom. The number of carbonyl (C=O) groups excluding carboxylic acids is 2. The van der Waals surface area contributed by atoms with Gasteiger partial charge in [-0.05, 0) is 36.0 Å². The molecule has 1 heterocycles. The van der Waals surface area contributed by atoms with Crippen LogP contribution in [0.15, 0.2) is 40.2 Å². The SMILES string of the molecule is C=CCOc1ccc(Br)cc1/C=C1/SC(=O)N(CCOC)C1=O. The Morgan fingerprint density at radius 1 is 1.39 bits per heavy atom. The zero-order valence-corrected chi connectivity index (χ0v) is 15.0. The van der Waals surface area contributed by atoms with E-state index in [2.05, 4.69) is 22.5 Å². The van der Waals surface area contributed by atoms with Gasteiger partial charge in [0.2, 0.25) is 0 Å². The number of amides is 2. The lowest BCUT2D eigenvalue weighted by Gasteiger charge is -2.11. The molecule has 2 amide bonds. The molecule has 1 aliphatic rings. The monoisotopic (exact) mass is 397 g/mol. The number of carbonyl (C=O) groups is 2. The van der Waals surface area contributed by atoms with Gasteiger partial charge < -0.3 is 9.47 Å². The molecule has 0 aliphatic carbocycles. The second kappa shape index (κ2) is 8.33. The largest absolute Gasteiger partial charge is 0.489 e. The van der Waals surface area contributed by atoms with Crippen molar-refractivity contribution in [2.24, 2.45) is 0 Å². The number of rotatable bonds is 7. The molecule has 2 rings (SSSR count). The van der Waals surface area contributed by atoms with Crippen LogP contribution < -0.4 is 4.74 Å². The highest BCUT2D eigenvalue weighted by Crippen LogP contribution is 2.34. The molecular weight excluding hydrogens is 382 g/mol. The second-order valence-corrected chi connectivity index (χ2v) is 6.52. The van der Waals surface area contributed by atoms with Gasteiger partial charge in [0.1, 0.15) is 12.4 Å². The van der Waals surface area contributed by atoms with Gasteiger partial charge in [0.25, 0.3) is 11.1 Å². The lowest BCUT2D eigenvalue weighted by atomic mass is 10.2. The summed E-state index contributed by atoms with van der Waals surface area (Å²) in [6, 6.07) is 5.48. The van der Waals surface area contributed by atoms with Crippen LogP contribution in [0.1, 0.15) is 5.56 Å². The first-order valence-electron chi connectivity index (χ1n) is 6.84. The maximum Gasteiger partial charge on any atom is 0.293 e. The summed E-state index contributed by atoms with van der Waals surface area (Å²) in [7, 11) is 1.53. The Balaban J connectivity index is 2.27. The van der Waals surface area contributed by atoms with Crippen molar-refractivity contribution in [3.8, 4) is 5.75 Å². The van der Waals surface area contributed by atoms with Crippen molar-refractivity contribution in [1.82, 2.24) is 4.90 Å². The average molecular weight is 398 g/mol. The molecule has 122 valence electrons. The van der Waals surface area contributed by atoms with Gasteiger partial charge in [0.15, 0.2) is 0 Å². The molecule has 0 radical (unpaired) electrons. The van der Waals surface area contributed by atoms with E-state index in [1.165, 1.54) is 12.0 Å². The van der Waals surface area contributed by atoms with Crippen molar-refractivity contribution >= 4 is 44.9 Å². The number of benzene rings is 1.